The molecule has 0 spiro atoms. The Kier molecular flexibility index (Phi) is 8.16. The number of rotatable bonds is 10. The summed E-state index contributed by atoms with van der Waals surface area (Å²) in [5.41, 5.74) is 0.840. The van der Waals surface area contributed by atoms with Crippen molar-refractivity contribution >= 4 is 11.3 Å². The summed E-state index contributed by atoms with van der Waals surface area (Å²) in [6.07, 6.45) is 1.44. The molecule has 26 heavy (non-hydrogen) atoms. The van der Waals surface area contributed by atoms with Crippen molar-refractivity contribution < 1.29 is 22.6 Å². The van der Waals surface area contributed by atoms with Crippen LogP contribution in [0.1, 0.15) is 50.1 Å². The zero-order valence-electron chi connectivity index (χ0n) is 15.8. The SMILES string of the molecule is CCCCCC(C)C(CN1CCc2sc(OCC(F)(F)F)nc2C1)OC. The van der Waals surface area contributed by atoms with Gasteiger partial charge in [0.05, 0.1) is 11.8 Å². The third-order valence-electron chi connectivity index (χ3n) is 4.78. The van der Waals surface area contributed by atoms with Gasteiger partial charge in [0, 0.05) is 31.6 Å². The Morgan fingerprint density at radius 3 is 2.73 bits per heavy atom. The Hall–Kier alpha value is -0.860. The lowest BCUT2D eigenvalue weighted by atomic mass is 9.96. The van der Waals surface area contributed by atoms with Crippen LogP contribution in [0.5, 0.6) is 5.19 Å². The van der Waals surface area contributed by atoms with Crippen molar-refractivity contribution in [2.24, 2.45) is 5.92 Å². The van der Waals surface area contributed by atoms with E-state index in [0.29, 0.717) is 12.5 Å². The van der Waals surface area contributed by atoms with Crippen LogP contribution in [0, 0.1) is 5.92 Å². The summed E-state index contributed by atoms with van der Waals surface area (Å²) in [7, 11) is 1.75. The Morgan fingerprint density at radius 1 is 1.31 bits per heavy atom. The number of fused-ring (bicyclic) bond motifs is 1. The fourth-order valence-electron chi connectivity index (χ4n) is 3.23. The number of methoxy groups -OCH3 is 1. The number of ether oxygens (including phenoxy) is 2. The number of halogens is 3. The molecule has 0 fully saturated rings. The van der Waals surface area contributed by atoms with Gasteiger partial charge in [-0.3, -0.25) is 4.90 Å². The van der Waals surface area contributed by atoms with E-state index >= 15 is 0 Å². The van der Waals surface area contributed by atoms with Crippen LogP contribution in [0.25, 0.3) is 0 Å². The van der Waals surface area contributed by atoms with E-state index in [9.17, 15) is 13.2 Å². The summed E-state index contributed by atoms with van der Waals surface area (Å²) in [4.78, 5) is 7.57. The van der Waals surface area contributed by atoms with Crippen molar-refractivity contribution in [3.05, 3.63) is 10.6 Å². The first-order valence-electron chi connectivity index (χ1n) is 9.25. The molecule has 8 heteroatoms. The molecule has 4 nitrogen and oxygen atoms in total. The number of unbranched alkanes of at least 4 members (excludes halogenated alkanes) is 2. The van der Waals surface area contributed by atoms with Crippen molar-refractivity contribution in [3.8, 4) is 5.19 Å². The maximum atomic E-state index is 12.3. The molecule has 1 aromatic heterocycles. The van der Waals surface area contributed by atoms with Gasteiger partial charge in [-0.25, -0.2) is 4.98 Å². The van der Waals surface area contributed by atoms with Crippen LogP contribution in [0.3, 0.4) is 0 Å². The van der Waals surface area contributed by atoms with Crippen molar-refractivity contribution in [1.82, 2.24) is 9.88 Å². The van der Waals surface area contributed by atoms with Crippen LogP contribution < -0.4 is 4.74 Å². The topological polar surface area (TPSA) is 34.6 Å². The molecule has 2 atom stereocenters. The molecule has 0 radical (unpaired) electrons. The summed E-state index contributed by atoms with van der Waals surface area (Å²) in [6, 6.07) is 0. The van der Waals surface area contributed by atoms with E-state index in [1.165, 1.54) is 30.6 Å². The van der Waals surface area contributed by atoms with Gasteiger partial charge in [-0.1, -0.05) is 44.4 Å². The Labute approximate surface area is 157 Å². The molecule has 0 bridgehead atoms. The van der Waals surface area contributed by atoms with Crippen LogP contribution in [-0.2, 0) is 17.7 Å². The number of alkyl halides is 3. The van der Waals surface area contributed by atoms with Gasteiger partial charge >= 0.3 is 6.18 Å². The van der Waals surface area contributed by atoms with Crippen molar-refractivity contribution in [3.63, 3.8) is 0 Å². The van der Waals surface area contributed by atoms with E-state index in [0.717, 1.165) is 36.5 Å². The molecule has 1 aliphatic rings. The maximum Gasteiger partial charge on any atom is 0.422 e. The minimum absolute atomic E-state index is 0.116. The van der Waals surface area contributed by atoms with Crippen LogP contribution in [-0.4, -0.2) is 49.0 Å². The zero-order valence-corrected chi connectivity index (χ0v) is 16.6. The Balaban J connectivity index is 1.87. The number of nitrogens with zero attached hydrogens (tertiary/aromatic N) is 2. The summed E-state index contributed by atoms with van der Waals surface area (Å²) in [6.45, 7) is 5.47. The standard InChI is InChI=1S/C18H29F3N2O2S/c1-4-5-6-7-13(2)15(24-3)11-23-9-8-16-14(10-23)22-17(26-16)25-12-18(19,20)21/h13,15H,4-12H2,1-3H3. The van der Waals surface area contributed by atoms with Gasteiger partial charge in [-0.2, -0.15) is 13.2 Å². The predicted molar refractivity (Wildman–Crippen MR) is 96.7 cm³/mol. The van der Waals surface area contributed by atoms with Crippen LogP contribution >= 0.6 is 11.3 Å². The molecular formula is C18H29F3N2O2S. The smallest absolute Gasteiger partial charge is 0.422 e. The van der Waals surface area contributed by atoms with Crippen molar-refractivity contribution in [1.29, 1.82) is 0 Å². The van der Waals surface area contributed by atoms with Crippen LogP contribution in [0.15, 0.2) is 0 Å². The van der Waals surface area contributed by atoms with Gasteiger partial charge < -0.3 is 9.47 Å². The van der Waals surface area contributed by atoms with Gasteiger partial charge in [-0.05, 0) is 18.8 Å². The highest BCUT2D eigenvalue weighted by molar-refractivity contribution is 7.13. The van der Waals surface area contributed by atoms with E-state index in [1.807, 2.05) is 0 Å². The highest BCUT2D eigenvalue weighted by Crippen LogP contribution is 2.31. The summed E-state index contributed by atoms with van der Waals surface area (Å²) < 4.78 is 47.4. The largest absolute Gasteiger partial charge is 0.460 e. The molecule has 1 aromatic rings. The first kappa shape index (κ1) is 21.4. The molecule has 0 amide bonds. The lowest BCUT2D eigenvalue weighted by Gasteiger charge is -2.32. The zero-order chi connectivity index (χ0) is 19.2. The van der Waals surface area contributed by atoms with Gasteiger partial charge in [0.1, 0.15) is 0 Å². The number of thiazole rings is 1. The molecule has 0 aliphatic carbocycles. The third kappa shape index (κ3) is 6.70. The maximum absolute atomic E-state index is 12.3. The second-order valence-electron chi connectivity index (χ2n) is 6.99. The number of hydrogen-bond acceptors (Lipinski definition) is 5. The first-order chi connectivity index (χ1) is 12.3. The monoisotopic (exact) mass is 394 g/mol. The van der Waals surface area contributed by atoms with Gasteiger partial charge in [0.15, 0.2) is 6.61 Å². The molecular weight excluding hydrogens is 365 g/mol. The summed E-state index contributed by atoms with van der Waals surface area (Å²) in [5.74, 6) is 0.481. The van der Waals surface area contributed by atoms with E-state index in [2.05, 4.69) is 23.7 Å². The average molecular weight is 395 g/mol. The molecule has 0 N–H and O–H groups in total. The minimum Gasteiger partial charge on any atom is -0.460 e. The number of hydrogen-bond donors (Lipinski definition) is 0. The van der Waals surface area contributed by atoms with Gasteiger partial charge in [0.2, 0.25) is 0 Å². The number of aromatic nitrogens is 1. The average Bonchev–Trinajstić information content (AvgIpc) is 2.99. The predicted octanol–water partition coefficient (Wildman–Crippen LogP) is 4.67. The highest BCUT2D eigenvalue weighted by atomic mass is 32.1. The fraction of sp³-hybridized carbons (Fsp3) is 0.833. The molecule has 150 valence electrons. The second kappa shape index (κ2) is 9.90. The van der Waals surface area contributed by atoms with Gasteiger partial charge in [-0.15, -0.1) is 0 Å². The van der Waals surface area contributed by atoms with Crippen LogP contribution in [0.2, 0.25) is 0 Å². The molecule has 1 aliphatic heterocycles. The fourth-order valence-corrected chi connectivity index (χ4v) is 4.14. The summed E-state index contributed by atoms with van der Waals surface area (Å²) >= 11 is 1.23. The van der Waals surface area contributed by atoms with E-state index in [1.54, 1.807) is 7.11 Å². The minimum atomic E-state index is -4.34. The molecule has 0 saturated heterocycles. The Morgan fingerprint density at radius 2 is 2.08 bits per heavy atom. The molecule has 0 aromatic carbocycles. The molecule has 2 rings (SSSR count). The van der Waals surface area contributed by atoms with E-state index in [-0.39, 0.29) is 11.3 Å². The van der Waals surface area contributed by atoms with Crippen molar-refractivity contribution in [2.45, 2.75) is 64.8 Å². The lowest BCUT2D eigenvalue weighted by molar-refractivity contribution is -0.153. The normalized spacial score (nSPS) is 17.8. The second-order valence-corrected chi connectivity index (χ2v) is 8.03. The van der Waals surface area contributed by atoms with E-state index < -0.39 is 12.8 Å². The molecule has 2 heterocycles. The van der Waals surface area contributed by atoms with Crippen molar-refractivity contribution in [2.75, 3.05) is 26.8 Å². The van der Waals surface area contributed by atoms with Crippen LogP contribution in [0.4, 0.5) is 13.2 Å². The highest BCUT2D eigenvalue weighted by Gasteiger charge is 2.30. The van der Waals surface area contributed by atoms with E-state index in [4.69, 9.17) is 9.47 Å². The quantitative estimate of drug-likeness (QED) is 0.540. The molecule has 2 unspecified atom stereocenters. The summed E-state index contributed by atoms with van der Waals surface area (Å²) in [5, 5.41) is 0.116. The first-order valence-corrected chi connectivity index (χ1v) is 10.1. The Bertz CT molecular complexity index is 551. The lowest BCUT2D eigenvalue weighted by Crippen LogP contribution is -2.39. The molecule has 0 saturated carbocycles. The third-order valence-corrected chi connectivity index (χ3v) is 5.85. The van der Waals surface area contributed by atoms with Gasteiger partial charge in [0.25, 0.3) is 5.19 Å².